The summed E-state index contributed by atoms with van der Waals surface area (Å²) in [5.74, 6) is 0.612. The largest absolute Gasteiger partial charge is 0.374 e. The van der Waals surface area contributed by atoms with Crippen LogP contribution in [0.5, 0.6) is 0 Å². The average molecular weight is 584 g/mol. The van der Waals surface area contributed by atoms with E-state index < -0.39 is 24.5 Å². The quantitative estimate of drug-likeness (QED) is 0.163. The van der Waals surface area contributed by atoms with E-state index in [1.165, 1.54) is 0 Å². The number of nitrogens with zero attached hydrogens (tertiary/aromatic N) is 2. The summed E-state index contributed by atoms with van der Waals surface area (Å²) in [6, 6.07) is 35.1. The van der Waals surface area contributed by atoms with Crippen LogP contribution in [0.2, 0.25) is 5.28 Å². The van der Waals surface area contributed by atoms with Crippen molar-refractivity contribution >= 4 is 28.3 Å². The highest BCUT2D eigenvalue weighted by molar-refractivity contribution is 6.28. The summed E-state index contributed by atoms with van der Waals surface area (Å²) in [7, 11) is 0. The van der Waals surface area contributed by atoms with E-state index in [9.17, 15) is 0 Å². The van der Waals surface area contributed by atoms with Crippen molar-refractivity contribution in [2.75, 3.05) is 11.9 Å². The van der Waals surface area contributed by atoms with Crippen molar-refractivity contribution in [2.45, 2.75) is 44.2 Å². The third-order valence-corrected chi connectivity index (χ3v) is 7.46. The van der Waals surface area contributed by atoms with E-state index in [4.69, 9.17) is 25.8 Å². The Bertz CT molecular complexity index is 1590. The lowest BCUT2D eigenvalue weighted by molar-refractivity contribution is -0.0737. The number of fused-ring (bicyclic) bond motifs is 1. The van der Waals surface area contributed by atoms with Crippen LogP contribution in [0.15, 0.2) is 109 Å². The number of nitrogens with one attached hydrogen (secondary N) is 1. The molecular weight excluding hydrogens is 553 g/mol. The first-order chi connectivity index (χ1) is 20.6. The lowest BCUT2D eigenvalue weighted by Crippen LogP contribution is -2.34. The van der Waals surface area contributed by atoms with E-state index in [0.29, 0.717) is 30.0 Å². The third-order valence-electron chi connectivity index (χ3n) is 7.29. The number of rotatable bonds is 11. The second-order valence-corrected chi connectivity index (χ2v) is 10.6. The minimum atomic E-state index is -1.41. The molecule has 5 aromatic rings. The van der Waals surface area contributed by atoms with Gasteiger partial charge in [0.15, 0.2) is 6.17 Å². The summed E-state index contributed by atoms with van der Waals surface area (Å²) < 4.78 is 34.5. The normalized spacial score (nSPS) is 20.1. The van der Waals surface area contributed by atoms with Crippen molar-refractivity contribution < 1.29 is 18.6 Å². The summed E-state index contributed by atoms with van der Waals surface area (Å²) in [5, 5.41) is 4.24. The second kappa shape index (κ2) is 13.4. The number of hydrogen-bond donors (Lipinski definition) is 1. The Labute approximate surface area is 249 Å². The Morgan fingerprint density at radius 1 is 0.786 bits per heavy atom. The first-order valence-corrected chi connectivity index (χ1v) is 14.3. The van der Waals surface area contributed by atoms with Gasteiger partial charge in [0.2, 0.25) is 5.28 Å². The summed E-state index contributed by atoms with van der Waals surface area (Å²) in [6.07, 6.45) is -3.66. The van der Waals surface area contributed by atoms with Gasteiger partial charge in [0, 0.05) is 11.9 Å². The van der Waals surface area contributed by atoms with Gasteiger partial charge in [0.05, 0.1) is 25.3 Å². The van der Waals surface area contributed by atoms with Crippen LogP contribution in [0.3, 0.4) is 0 Å². The molecular formula is C34H31ClFN3O3. The summed E-state index contributed by atoms with van der Waals surface area (Å²) in [6.45, 7) is 1.45. The molecule has 4 aromatic carbocycles. The van der Waals surface area contributed by atoms with Crippen LogP contribution in [-0.2, 0) is 34.0 Å². The van der Waals surface area contributed by atoms with E-state index in [2.05, 4.69) is 15.3 Å². The van der Waals surface area contributed by atoms with Crippen molar-refractivity contribution in [1.82, 2.24) is 9.97 Å². The molecule has 1 N–H and O–H groups in total. The van der Waals surface area contributed by atoms with Gasteiger partial charge in [-0.15, -0.1) is 0 Å². The molecule has 1 aliphatic rings. The van der Waals surface area contributed by atoms with Crippen LogP contribution in [0.4, 0.5) is 10.2 Å². The van der Waals surface area contributed by atoms with Crippen molar-refractivity contribution in [3.8, 4) is 0 Å². The van der Waals surface area contributed by atoms with Gasteiger partial charge >= 0.3 is 0 Å². The van der Waals surface area contributed by atoms with Crippen molar-refractivity contribution in [3.63, 3.8) is 0 Å². The number of anilines is 1. The number of ether oxygens (including phenoxy) is 3. The smallest absolute Gasteiger partial charge is 0.224 e. The number of alkyl halides is 1. The average Bonchev–Trinajstić information content (AvgIpc) is 3.34. The fourth-order valence-corrected chi connectivity index (χ4v) is 5.34. The standard InChI is InChI=1S/C34H31ClFN3O3/c35-34-38-28-18-26(16-17-27(28)33(39-34)37-19-23-10-4-1-5-11-23)31-30(36)32(41-21-25-14-8-3-9-15-25)29(42-31)22-40-20-24-12-6-2-7-13-24/h1-18,29-32H,19-22H2,(H,37,38,39)/t29-,30-,31+,32-/m1/s1. The van der Waals surface area contributed by atoms with Gasteiger partial charge in [-0.1, -0.05) is 97.1 Å². The number of benzene rings is 4. The molecule has 0 spiro atoms. The minimum absolute atomic E-state index is 0.107. The van der Waals surface area contributed by atoms with Crippen LogP contribution in [0.25, 0.3) is 10.9 Å². The molecule has 0 aliphatic carbocycles. The van der Waals surface area contributed by atoms with Crippen LogP contribution < -0.4 is 5.32 Å². The lowest BCUT2D eigenvalue weighted by Gasteiger charge is -2.20. The molecule has 214 valence electrons. The number of hydrogen-bond acceptors (Lipinski definition) is 6. The van der Waals surface area contributed by atoms with Crippen LogP contribution in [0, 0.1) is 0 Å². The highest BCUT2D eigenvalue weighted by Gasteiger charge is 2.46. The van der Waals surface area contributed by atoms with E-state index in [-0.39, 0.29) is 18.5 Å². The molecule has 6 rings (SSSR count). The van der Waals surface area contributed by atoms with Gasteiger partial charge in [-0.25, -0.2) is 14.4 Å². The molecule has 1 saturated heterocycles. The van der Waals surface area contributed by atoms with Crippen molar-refractivity contribution in [2.24, 2.45) is 0 Å². The van der Waals surface area contributed by atoms with Gasteiger partial charge in [-0.2, -0.15) is 0 Å². The van der Waals surface area contributed by atoms with Crippen LogP contribution in [-0.4, -0.2) is 35.0 Å². The van der Waals surface area contributed by atoms with E-state index >= 15 is 4.39 Å². The molecule has 0 saturated carbocycles. The molecule has 42 heavy (non-hydrogen) atoms. The number of halogens is 2. The molecule has 1 aliphatic heterocycles. The maximum atomic E-state index is 16.1. The Balaban J connectivity index is 1.21. The Morgan fingerprint density at radius 3 is 2.12 bits per heavy atom. The predicted octanol–water partition coefficient (Wildman–Crippen LogP) is 7.48. The zero-order valence-corrected chi connectivity index (χ0v) is 23.7. The first-order valence-electron chi connectivity index (χ1n) is 14.0. The molecule has 1 fully saturated rings. The highest BCUT2D eigenvalue weighted by atomic mass is 35.5. The lowest BCUT2D eigenvalue weighted by atomic mass is 10.0. The molecule has 8 heteroatoms. The van der Waals surface area contributed by atoms with Gasteiger partial charge in [0.1, 0.15) is 24.1 Å². The maximum Gasteiger partial charge on any atom is 0.224 e. The number of aromatic nitrogens is 2. The zero-order valence-electron chi connectivity index (χ0n) is 22.9. The van der Waals surface area contributed by atoms with Gasteiger partial charge < -0.3 is 19.5 Å². The summed E-state index contributed by atoms with van der Waals surface area (Å²) >= 11 is 6.30. The fourth-order valence-electron chi connectivity index (χ4n) is 5.16. The summed E-state index contributed by atoms with van der Waals surface area (Å²) in [4.78, 5) is 8.82. The second-order valence-electron chi connectivity index (χ2n) is 10.3. The molecule has 1 aromatic heterocycles. The van der Waals surface area contributed by atoms with Gasteiger partial charge in [-0.05, 0) is 46.0 Å². The molecule has 0 radical (unpaired) electrons. The monoisotopic (exact) mass is 583 g/mol. The van der Waals surface area contributed by atoms with Gasteiger partial charge in [0.25, 0.3) is 0 Å². The molecule has 4 atom stereocenters. The molecule has 6 nitrogen and oxygen atoms in total. The van der Waals surface area contributed by atoms with Crippen LogP contribution >= 0.6 is 11.6 Å². The molecule has 0 unspecified atom stereocenters. The first kappa shape index (κ1) is 28.2. The minimum Gasteiger partial charge on any atom is -0.374 e. The van der Waals surface area contributed by atoms with Gasteiger partial charge in [-0.3, -0.25) is 0 Å². The maximum absolute atomic E-state index is 16.1. The Kier molecular flexibility index (Phi) is 9.01. The third kappa shape index (κ3) is 6.77. The SMILES string of the molecule is F[C@H]1[C@H](OCc2ccccc2)[C@@H](COCc2ccccc2)O[C@H]1c1ccc2c(NCc3ccccc3)nc(Cl)nc2c1. The van der Waals surface area contributed by atoms with Crippen molar-refractivity contribution in [3.05, 3.63) is 137 Å². The molecule has 2 heterocycles. The highest BCUT2D eigenvalue weighted by Crippen LogP contribution is 2.39. The Hall–Kier alpha value is -3.88. The van der Waals surface area contributed by atoms with E-state index in [1.807, 2.05) is 109 Å². The topological polar surface area (TPSA) is 65.5 Å². The van der Waals surface area contributed by atoms with Crippen LogP contribution in [0.1, 0.15) is 28.4 Å². The molecule has 0 amide bonds. The molecule has 0 bridgehead atoms. The van der Waals surface area contributed by atoms with E-state index in [0.717, 1.165) is 22.1 Å². The zero-order chi connectivity index (χ0) is 28.7. The fraction of sp³-hybridized carbons (Fsp3) is 0.235. The van der Waals surface area contributed by atoms with E-state index in [1.54, 1.807) is 0 Å². The Morgan fingerprint density at radius 2 is 1.43 bits per heavy atom. The summed E-state index contributed by atoms with van der Waals surface area (Å²) in [5.41, 5.74) is 4.36. The predicted molar refractivity (Wildman–Crippen MR) is 162 cm³/mol. The van der Waals surface area contributed by atoms with Crippen molar-refractivity contribution in [1.29, 1.82) is 0 Å².